The Morgan fingerprint density at radius 3 is 2.71 bits per heavy atom. The van der Waals surface area contributed by atoms with E-state index in [4.69, 9.17) is 27.4 Å². The van der Waals surface area contributed by atoms with Crippen LogP contribution in [0, 0.1) is 6.92 Å². The van der Waals surface area contributed by atoms with Crippen molar-refractivity contribution in [1.29, 1.82) is 0 Å². The topological polar surface area (TPSA) is 81.9 Å². The van der Waals surface area contributed by atoms with Gasteiger partial charge in [0.25, 0.3) is 11.8 Å². The average molecular weight is 415 g/mol. The van der Waals surface area contributed by atoms with E-state index in [0.29, 0.717) is 20.7 Å². The molecule has 0 aromatic heterocycles. The zero-order valence-corrected chi connectivity index (χ0v) is 16.9. The van der Waals surface area contributed by atoms with Crippen LogP contribution in [0.25, 0.3) is 6.08 Å². The maximum Gasteiger partial charge on any atom is 0.270 e. The number of hydrogen-bond acceptors (Lipinski definition) is 6. The fourth-order valence-electron chi connectivity index (χ4n) is 2.65. The van der Waals surface area contributed by atoms with Crippen molar-refractivity contribution in [3.63, 3.8) is 0 Å². The smallest absolute Gasteiger partial charge is 0.270 e. The van der Waals surface area contributed by atoms with E-state index < -0.39 is 5.91 Å². The van der Waals surface area contributed by atoms with Crippen LogP contribution in [-0.2, 0) is 9.59 Å². The highest BCUT2D eigenvalue weighted by Gasteiger charge is 2.33. The van der Waals surface area contributed by atoms with Crippen LogP contribution in [-0.4, -0.2) is 29.9 Å². The van der Waals surface area contributed by atoms with E-state index in [9.17, 15) is 9.59 Å². The Morgan fingerprint density at radius 1 is 1.25 bits per heavy atom. The summed E-state index contributed by atoms with van der Waals surface area (Å²) in [6, 6.07) is 12.8. The Morgan fingerprint density at radius 2 is 2.04 bits per heavy atom. The number of nitrogens with two attached hydrogens (primary N) is 1. The lowest BCUT2D eigenvalue weighted by Crippen LogP contribution is -2.27. The quantitative estimate of drug-likeness (QED) is 0.577. The van der Waals surface area contributed by atoms with E-state index in [1.54, 1.807) is 24.3 Å². The summed E-state index contributed by atoms with van der Waals surface area (Å²) in [5.41, 5.74) is 7.64. The Kier molecular flexibility index (Phi) is 6.01. The van der Waals surface area contributed by atoms with Crippen molar-refractivity contribution in [3.8, 4) is 11.5 Å². The number of methoxy groups -OCH3 is 1. The summed E-state index contributed by atoms with van der Waals surface area (Å²) in [5, 5.41) is 0. The van der Waals surface area contributed by atoms with Gasteiger partial charge in [-0.15, -0.1) is 0 Å². The summed E-state index contributed by atoms with van der Waals surface area (Å²) in [7, 11) is 1.49. The molecule has 2 N–H and O–H groups in total. The lowest BCUT2D eigenvalue weighted by Gasteiger charge is -2.14. The third kappa shape index (κ3) is 4.35. The third-order valence-electron chi connectivity index (χ3n) is 3.91. The largest absolute Gasteiger partial charge is 0.493 e. The molecule has 2 aromatic carbocycles. The van der Waals surface area contributed by atoms with E-state index in [0.717, 1.165) is 16.8 Å². The first-order valence-corrected chi connectivity index (χ1v) is 9.55. The number of carbonyl (C=O) groups is 2. The molecule has 144 valence electrons. The SMILES string of the molecule is COc1cc(/C=C2\SC(=S)N(c3cccc(C)c3)C2=O)ccc1OCC(N)=O. The molecule has 0 saturated carbocycles. The number of anilines is 1. The summed E-state index contributed by atoms with van der Waals surface area (Å²) in [5.74, 6) is 0.0782. The van der Waals surface area contributed by atoms with Gasteiger partial charge in [0, 0.05) is 0 Å². The van der Waals surface area contributed by atoms with Crippen LogP contribution in [0.1, 0.15) is 11.1 Å². The highest BCUT2D eigenvalue weighted by molar-refractivity contribution is 8.27. The molecule has 3 rings (SSSR count). The van der Waals surface area contributed by atoms with Crippen LogP contribution in [0.15, 0.2) is 47.4 Å². The van der Waals surface area contributed by atoms with Crippen LogP contribution in [0.3, 0.4) is 0 Å². The Hall–Kier alpha value is -2.84. The summed E-state index contributed by atoms with van der Waals surface area (Å²) >= 11 is 6.65. The molecule has 0 atom stereocenters. The fourth-order valence-corrected chi connectivity index (χ4v) is 3.95. The van der Waals surface area contributed by atoms with E-state index in [-0.39, 0.29) is 12.5 Å². The van der Waals surface area contributed by atoms with Crippen LogP contribution in [0.2, 0.25) is 0 Å². The summed E-state index contributed by atoms with van der Waals surface area (Å²) < 4.78 is 11.1. The number of benzene rings is 2. The van der Waals surface area contributed by atoms with Gasteiger partial charge in [0.1, 0.15) is 0 Å². The number of ether oxygens (including phenoxy) is 2. The Balaban J connectivity index is 1.86. The number of hydrogen-bond donors (Lipinski definition) is 1. The number of carbonyl (C=O) groups excluding carboxylic acids is 2. The normalized spacial score (nSPS) is 15.2. The zero-order chi connectivity index (χ0) is 20.3. The van der Waals surface area contributed by atoms with Gasteiger partial charge >= 0.3 is 0 Å². The maximum absolute atomic E-state index is 12.9. The third-order valence-corrected chi connectivity index (χ3v) is 5.21. The molecule has 1 aliphatic heterocycles. The summed E-state index contributed by atoms with van der Waals surface area (Å²) in [6.07, 6.45) is 1.75. The van der Waals surface area contributed by atoms with Crippen LogP contribution >= 0.6 is 24.0 Å². The van der Waals surface area contributed by atoms with Crippen molar-refractivity contribution >= 4 is 51.9 Å². The number of amides is 2. The van der Waals surface area contributed by atoms with Crippen molar-refractivity contribution in [2.75, 3.05) is 18.6 Å². The highest BCUT2D eigenvalue weighted by atomic mass is 32.2. The Bertz CT molecular complexity index is 988. The molecular weight excluding hydrogens is 396 g/mol. The minimum atomic E-state index is -0.578. The average Bonchev–Trinajstić information content (AvgIpc) is 2.93. The van der Waals surface area contributed by atoms with Gasteiger partial charge < -0.3 is 15.2 Å². The number of thiocarbonyl (C=S) groups is 1. The number of primary amides is 1. The summed E-state index contributed by atoms with van der Waals surface area (Å²) in [6.45, 7) is 1.72. The van der Waals surface area contributed by atoms with Crippen molar-refractivity contribution in [1.82, 2.24) is 0 Å². The number of aryl methyl sites for hydroxylation is 1. The molecule has 1 saturated heterocycles. The summed E-state index contributed by atoms with van der Waals surface area (Å²) in [4.78, 5) is 25.8. The number of nitrogens with zero attached hydrogens (tertiary/aromatic N) is 1. The molecule has 1 aliphatic rings. The van der Waals surface area contributed by atoms with E-state index in [1.807, 2.05) is 31.2 Å². The molecule has 2 amide bonds. The monoisotopic (exact) mass is 414 g/mol. The molecule has 8 heteroatoms. The van der Waals surface area contributed by atoms with Gasteiger partial charge in [-0.05, 0) is 48.4 Å². The van der Waals surface area contributed by atoms with Gasteiger partial charge in [0.2, 0.25) is 0 Å². The second-order valence-corrected chi connectivity index (χ2v) is 7.70. The lowest BCUT2D eigenvalue weighted by atomic mass is 10.1. The minimum Gasteiger partial charge on any atom is -0.493 e. The van der Waals surface area contributed by atoms with E-state index in [1.165, 1.54) is 23.8 Å². The first kappa shape index (κ1) is 19.9. The van der Waals surface area contributed by atoms with Gasteiger partial charge in [-0.3, -0.25) is 14.5 Å². The number of thioether (sulfide) groups is 1. The van der Waals surface area contributed by atoms with Crippen molar-refractivity contribution in [3.05, 3.63) is 58.5 Å². The first-order chi connectivity index (χ1) is 13.4. The zero-order valence-electron chi connectivity index (χ0n) is 15.3. The van der Waals surface area contributed by atoms with Crippen molar-refractivity contribution in [2.45, 2.75) is 6.92 Å². The van der Waals surface area contributed by atoms with Crippen LogP contribution in [0.5, 0.6) is 11.5 Å². The van der Waals surface area contributed by atoms with E-state index >= 15 is 0 Å². The number of rotatable bonds is 6. The predicted octanol–water partition coefficient (Wildman–Crippen LogP) is 3.27. The lowest BCUT2D eigenvalue weighted by molar-refractivity contribution is -0.120. The van der Waals surface area contributed by atoms with Crippen molar-refractivity contribution in [2.24, 2.45) is 5.73 Å². The molecule has 1 fully saturated rings. The molecule has 0 bridgehead atoms. The molecule has 6 nitrogen and oxygen atoms in total. The van der Waals surface area contributed by atoms with Crippen LogP contribution in [0.4, 0.5) is 5.69 Å². The van der Waals surface area contributed by atoms with Gasteiger partial charge in [-0.25, -0.2) is 0 Å². The Labute approximate surface area is 172 Å². The minimum absolute atomic E-state index is 0.173. The van der Waals surface area contributed by atoms with Gasteiger partial charge in [-0.1, -0.05) is 42.2 Å². The molecule has 1 heterocycles. The van der Waals surface area contributed by atoms with E-state index in [2.05, 4.69) is 0 Å². The molecule has 0 spiro atoms. The fraction of sp³-hybridized carbons (Fsp3) is 0.150. The first-order valence-electron chi connectivity index (χ1n) is 8.33. The molecule has 0 unspecified atom stereocenters. The van der Waals surface area contributed by atoms with Crippen LogP contribution < -0.4 is 20.1 Å². The van der Waals surface area contributed by atoms with Gasteiger partial charge in [-0.2, -0.15) is 0 Å². The molecule has 0 aliphatic carbocycles. The standard InChI is InChI=1S/C20H18N2O4S2/c1-12-4-3-5-14(8-12)22-19(24)17(28-20(22)27)10-13-6-7-15(16(9-13)25-2)26-11-18(21)23/h3-10H,11H2,1-2H3,(H2,21,23)/b17-10-. The predicted molar refractivity (Wildman–Crippen MR) is 115 cm³/mol. The molecule has 2 aromatic rings. The second-order valence-electron chi connectivity index (χ2n) is 6.02. The van der Waals surface area contributed by atoms with Gasteiger partial charge in [0.15, 0.2) is 22.4 Å². The van der Waals surface area contributed by atoms with Crippen molar-refractivity contribution < 1.29 is 19.1 Å². The maximum atomic E-state index is 12.9. The molecular formula is C20H18N2O4S2. The molecule has 0 radical (unpaired) electrons. The molecule has 28 heavy (non-hydrogen) atoms. The van der Waals surface area contributed by atoms with Gasteiger partial charge in [0.05, 0.1) is 17.7 Å². The second kappa shape index (κ2) is 8.45. The highest BCUT2D eigenvalue weighted by Crippen LogP contribution is 2.37.